The van der Waals surface area contributed by atoms with Gasteiger partial charge in [-0.05, 0) is 44.7 Å². The normalized spacial score (nSPS) is 16.2. The van der Waals surface area contributed by atoms with Crippen molar-refractivity contribution in [1.82, 2.24) is 5.32 Å². The lowest BCUT2D eigenvalue weighted by Gasteiger charge is -2.28. The largest absolute Gasteiger partial charge is 0.366 e. The van der Waals surface area contributed by atoms with Crippen LogP contribution < -0.4 is 10.2 Å². The van der Waals surface area contributed by atoms with Crippen molar-refractivity contribution in [1.29, 1.82) is 0 Å². The van der Waals surface area contributed by atoms with Crippen LogP contribution in [0, 0.1) is 10.1 Å². The van der Waals surface area contributed by atoms with E-state index in [1.54, 1.807) is 12.1 Å². The highest BCUT2D eigenvalue weighted by atomic mass is 16.6. The minimum Gasteiger partial charge on any atom is -0.366 e. The molecule has 1 heterocycles. The molecule has 0 aromatic heterocycles. The molecule has 0 spiro atoms. The van der Waals surface area contributed by atoms with Crippen LogP contribution in [0.3, 0.4) is 0 Å². The van der Waals surface area contributed by atoms with Gasteiger partial charge in [-0.25, -0.2) is 0 Å². The van der Waals surface area contributed by atoms with E-state index in [4.69, 9.17) is 0 Å². The molecule has 1 aromatic carbocycles. The fraction of sp³-hybridized carbons (Fsp3) is 0.562. The monoisotopic (exact) mass is 305 g/mol. The summed E-state index contributed by atoms with van der Waals surface area (Å²) in [6, 6.07) is 4.82. The van der Waals surface area contributed by atoms with Crippen LogP contribution >= 0.6 is 0 Å². The Morgan fingerprint density at radius 3 is 2.64 bits per heavy atom. The first kappa shape index (κ1) is 16.3. The fourth-order valence-corrected chi connectivity index (χ4v) is 2.62. The zero-order valence-electron chi connectivity index (χ0n) is 13.2. The van der Waals surface area contributed by atoms with E-state index in [0.717, 1.165) is 32.4 Å². The Kier molecular flexibility index (Phi) is 5.35. The highest BCUT2D eigenvalue weighted by molar-refractivity contribution is 5.96. The van der Waals surface area contributed by atoms with Gasteiger partial charge in [0.2, 0.25) is 0 Å². The van der Waals surface area contributed by atoms with E-state index >= 15 is 0 Å². The third-order valence-corrected chi connectivity index (χ3v) is 4.12. The molecule has 1 amide bonds. The Labute approximate surface area is 130 Å². The molecule has 2 rings (SSSR count). The number of nitrogens with zero attached hydrogens (tertiary/aromatic N) is 2. The van der Waals surface area contributed by atoms with Crippen molar-refractivity contribution in [3.63, 3.8) is 0 Å². The summed E-state index contributed by atoms with van der Waals surface area (Å²) in [5.41, 5.74) is 0.969. The number of anilines is 1. The molecule has 22 heavy (non-hydrogen) atoms. The number of nitro groups is 1. The van der Waals surface area contributed by atoms with Gasteiger partial charge in [0.25, 0.3) is 11.6 Å². The standard InChI is InChI=1S/C16H23N3O3/c1-3-12(2)17-16(20)13-7-8-14(15(11-13)19(21)22)18-9-5-4-6-10-18/h7-8,11-12H,3-6,9-10H2,1-2H3,(H,17,20). The molecule has 1 aliphatic heterocycles. The average molecular weight is 305 g/mol. The number of carbonyl (C=O) groups excluding carboxylic acids is 1. The van der Waals surface area contributed by atoms with Crippen molar-refractivity contribution >= 4 is 17.3 Å². The van der Waals surface area contributed by atoms with Gasteiger partial charge in [0.15, 0.2) is 0 Å². The molecule has 0 aliphatic carbocycles. The number of piperidine rings is 1. The number of hydrogen-bond donors (Lipinski definition) is 1. The summed E-state index contributed by atoms with van der Waals surface area (Å²) >= 11 is 0. The maximum Gasteiger partial charge on any atom is 0.293 e. The molecule has 1 fully saturated rings. The number of rotatable bonds is 5. The second-order valence-electron chi connectivity index (χ2n) is 5.79. The highest BCUT2D eigenvalue weighted by Crippen LogP contribution is 2.31. The second kappa shape index (κ2) is 7.24. The van der Waals surface area contributed by atoms with Crippen molar-refractivity contribution in [3.8, 4) is 0 Å². The fourth-order valence-electron chi connectivity index (χ4n) is 2.62. The molecule has 1 saturated heterocycles. The van der Waals surface area contributed by atoms with Crippen LogP contribution in [0.1, 0.15) is 49.9 Å². The molecule has 6 heteroatoms. The van der Waals surface area contributed by atoms with Gasteiger partial charge in [0.05, 0.1) is 4.92 Å². The molecular weight excluding hydrogens is 282 g/mol. The van der Waals surface area contributed by atoms with E-state index < -0.39 is 4.92 Å². The smallest absolute Gasteiger partial charge is 0.293 e. The molecule has 0 bridgehead atoms. The van der Waals surface area contributed by atoms with E-state index in [1.807, 2.05) is 18.7 Å². The van der Waals surface area contributed by atoms with Crippen molar-refractivity contribution in [2.75, 3.05) is 18.0 Å². The Bertz CT molecular complexity index is 554. The minimum absolute atomic E-state index is 0.0127. The molecule has 1 unspecified atom stereocenters. The maximum atomic E-state index is 12.1. The first-order chi connectivity index (χ1) is 10.5. The van der Waals surface area contributed by atoms with Crippen LogP contribution in [0.2, 0.25) is 0 Å². The molecule has 1 aromatic rings. The molecule has 0 radical (unpaired) electrons. The predicted molar refractivity (Wildman–Crippen MR) is 86.4 cm³/mol. The summed E-state index contributed by atoms with van der Waals surface area (Å²) in [4.78, 5) is 25.1. The van der Waals surface area contributed by atoms with E-state index in [1.165, 1.54) is 12.5 Å². The summed E-state index contributed by atoms with van der Waals surface area (Å²) < 4.78 is 0. The van der Waals surface area contributed by atoms with Crippen LogP contribution in [-0.2, 0) is 0 Å². The van der Waals surface area contributed by atoms with Gasteiger partial charge in [-0.1, -0.05) is 6.92 Å². The Hall–Kier alpha value is -2.11. The number of nitrogens with one attached hydrogen (secondary N) is 1. The van der Waals surface area contributed by atoms with Crippen LogP contribution in [0.15, 0.2) is 18.2 Å². The van der Waals surface area contributed by atoms with Gasteiger partial charge in [-0.15, -0.1) is 0 Å². The molecular formula is C16H23N3O3. The number of amides is 1. The van der Waals surface area contributed by atoms with E-state index in [9.17, 15) is 14.9 Å². The van der Waals surface area contributed by atoms with Gasteiger partial charge in [0, 0.05) is 30.8 Å². The molecule has 120 valence electrons. The third-order valence-electron chi connectivity index (χ3n) is 4.12. The summed E-state index contributed by atoms with van der Waals surface area (Å²) in [5.74, 6) is -0.261. The van der Waals surface area contributed by atoms with Crippen LogP contribution in [0.25, 0.3) is 0 Å². The number of benzene rings is 1. The summed E-state index contributed by atoms with van der Waals surface area (Å²) in [6.45, 7) is 5.56. The quantitative estimate of drug-likeness (QED) is 0.670. The molecule has 6 nitrogen and oxygen atoms in total. The van der Waals surface area contributed by atoms with Crippen LogP contribution in [-0.4, -0.2) is 30.0 Å². The van der Waals surface area contributed by atoms with Gasteiger partial charge in [0.1, 0.15) is 5.69 Å². The van der Waals surface area contributed by atoms with E-state index in [2.05, 4.69) is 5.32 Å². The first-order valence-corrected chi connectivity index (χ1v) is 7.87. The lowest BCUT2D eigenvalue weighted by atomic mass is 10.1. The summed E-state index contributed by atoms with van der Waals surface area (Å²) in [6.07, 6.45) is 4.08. The zero-order chi connectivity index (χ0) is 16.1. The highest BCUT2D eigenvalue weighted by Gasteiger charge is 2.23. The molecule has 1 atom stereocenters. The number of hydrogen-bond acceptors (Lipinski definition) is 4. The van der Waals surface area contributed by atoms with Crippen molar-refractivity contribution in [2.24, 2.45) is 0 Å². The Morgan fingerprint density at radius 2 is 2.05 bits per heavy atom. The Morgan fingerprint density at radius 1 is 1.36 bits per heavy atom. The molecule has 1 N–H and O–H groups in total. The lowest BCUT2D eigenvalue weighted by Crippen LogP contribution is -2.32. The number of nitro benzene ring substituents is 1. The van der Waals surface area contributed by atoms with E-state index in [-0.39, 0.29) is 17.6 Å². The van der Waals surface area contributed by atoms with Crippen LogP contribution in [0.4, 0.5) is 11.4 Å². The summed E-state index contributed by atoms with van der Waals surface area (Å²) in [7, 11) is 0. The Balaban J connectivity index is 2.26. The van der Waals surface area contributed by atoms with Gasteiger partial charge < -0.3 is 10.2 Å². The van der Waals surface area contributed by atoms with Gasteiger partial charge in [-0.2, -0.15) is 0 Å². The topological polar surface area (TPSA) is 75.5 Å². The third kappa shape index (κ3) is 3.75. The first-order valence-electron chi connectivity index (χ1n) is 7.87. The second-order valence-corrected chi connectivity index (χ2v) is 5.79. The summed E-state index contributed by atoms with van der Waals surface area (Å²) in [5, 5.41) is 14.2. The SMILES string of the molecule is CCC(C)NC(=O)c1ccc(N2CCCCC2)c([N+](=O)[O-])c1. The van der Waals surface area contributed by atoms with Crippen molar-refractivity contribution in [3.05, 3.63) is 33.9 Å². The van der Waals surface area contributed by atoms with E-state index in [0.29, 0.717) is 11.3 Å². The number of carbonyl (C=O) groups is 1. The zero-order valence-corrected chi connectivity index (χ0v) is 13.2. The maximum absolute atomic E-state index is 12.1. The van der Waals surface area contributed by atoms with Crippen molar-refractivity contribution < 1.29 is 9.72 Å². The van der Waals surface area contributed by atoms with Crippen LogP contribution in [0.5, 0.6) is 0 Å². The van der Waals surface area contributed by atoms with Crippen molar-refractivity contribution in [2.45, 2.75) is 45.6 Å². The van der Waals surface area contributed by atoms with Gasteiger partial charge >= 0.3 is 0 Å². The average Bonchev–Trinajstić information content (AvgIpc) is 2.54. The lowest BCUT2D eigenvalue weighted by molar-refractivity contribution is -0.384. The molecule has 1 aliphatic rings. The minimum atomic E-state index is -0.399. The molecule has 0 saturated carbocycles. The van der Waals surface area contributed by atoms with Gasteiger partial charge in [-0.3, -0.25) is 14.9 Å². The predicted octanol–water partition coefficient (Wildman–Crippen LogP) is 3.11.